The normalized spacial score (nSPS) is 17.2. The van der Waals surface area contributed by atoms with Crippen molar-refractivity contribution in [3.8, 4) is 33.0 Å². The number of fused-ring (bicyclic) bond motifs is 12. The summed E-state index contributed by atoms with van der Waals surface area (Å²) in [6, 6.07) is 64.5. The molecule has 0 bridgehead atoms. The van der Waals surface area contributed by atoms with Crippen LogP contribution in [0.4, 0.5) is 0 Å². The highest BCUT2D eigenvalue weighted by Crippen LogP contribution is 2.68. The molecule has 84 heavy (non-hydrogen) atoms. The van der Waals surface area contributed by atoms with Gasteiger partial charge in [-0.1, -0.05) is 168 Å². The number of Topliss-reactive ketones (excluding diaryl/α,β-unsaturated/α-hetero) is 2. The highest BCUT2D eigenvalue weighted by atomic mass is 32.1. The van der Waals surface area contributed by atoms with Crippen LogP contribution in [0.3, 0.4) is 0 Å². The minimum atomic E-state index is -0.803. The summed E-state index contributed by atoms with van der Waals surface area (Å²) in [5.41, 5.74) is 18.2. The molecule has 0 aliphatic heterocycles. The van der Waals surface area contributed by atoms with Crippen LogP contribution >= 0.6 is 45.3 Å². The number of carbonyl (C=O) groups excluding carboxylic acids is 2. The lowest BCUT2D eigenvalue weighted by molar-refractivity contribution is 0.0957. The molecule has 396 valence electrons. The van der Waals surface area contributed by atoms with E-state index in [0.29, 0.717) is 45.4 Å². The fourth-order valence-corrected chi connectivity index (χ4v) is 19.5. The first-order chi connectivity index (χ1) is 40.9. The number of hydrogen-bond donors (Lipinski definition) is 0. The molecule has 4 aromatic heterocycles. The second-order valence-corrected chi connectivity index (χ2v) is 26.6. The number of rotatable bonds is 7. The zero-order valence-corrected chi connectivity index (χ0v) is 49.0. The third kappa shape index (κ3) is 7.07. The zero-order valence-electron chi connectivity index (χ0n) is 45.8. The van der Waals surface area contributed by atoms with Gasteiger partial charge in [0.25, 0.3) is 11.4 Å². The first-order valence-corrected chi connectivity index (χ1v) is 30.8. The van der Waals surface area contributed by atoms with Crippen LogP contribution in [0.25, 0.3) is 66.6 Å². The van der Waals surface area contributed by atoms with E-state index in [1.165, 1.54) is 37.6 Å². The monoisotopic (exact) mass is 1150 g/mol. The van der Waals surface area contributed by atoms with Crippen LogP contribution in [0.1, 0.15) is 108 Å². The molecule has 0 fully saturated rings. The van der Waals surface area contributed by atoms with Crippen LogP contribution in [0.2, 0.25) is 0 Å². The number of nitriles is 2. The van der Waals surface area contributed by atoms with Crippen LogP contribution in [-0.2, 0) is 17.3 Å². The predicted molar refractivity (Wildman–Crippen MR) is 342 cm³/mol. The largest absolute Gasteiger partial charge is 0.294 e. The van der Waals surface area contributed by atoms with Crippen molar-refractivity contribution < 1.29 is 9.59 Å². The molecule has 0 saturated heterocycles. The summed E-state index contributed by atoms with van der Waals surface area (Å²) in [6.07, 6.45) is 2.26. The van der Waals surface area contributed by atoms with Gasteiger partial charge >= 0.3 is 0 Å². The van der Waals surface area contributed by atoms with Gasteiger partial charge in [0.1, 0.15) is 0 Å². The van der Waals surface area contributed by atoms with Crippen LogP contribution in [0.15, 0.2) is 187 Å². The van der Waals surface area contributed by atoms with Gasteiger partial charge in [-0.15, -0.1) is 45.3 Å². The van der Waals surface area contributed by atoms with Crippen molar-refractivity contribution in [2.75, 3.05) is 0 Å². The van der Waals surface area contributed by atoms with Gasteiger partial charge in [0.05, 0.1) is 45.5 Å². The van der Waals surface area contributed by atoms with Gasteiger partial charge in [0.15, 0.2) is 11.6 Å². The number of nitrogens with zero attached hydrogens (tertiary/aromatic N) is 4. The molecular weight excluding hydrogens is 1110 g/mol. The van der Waals surface area contributed by atoms with E-state index in [9.17, 15) is 20.1 Å². The highest BCUT2D eigenvalue weighted by molar-refractivity contribution is 7.31. The Labute approximate surface area is 501 Å². The molecule has 0 N–H and O–H groups in total. The second kappa shape index (κ2) is 19.0. The van der Waals surface area contributed by atoms with E-state index in [0.717, 1.165) is 78.6 Å². The lowest BCUT2D eigenvalue weighted by Crippen LogP contribution is -2.30. The van der Waals surface area contributed by atoms with E-state index in [1.54, 1.807) is 51.4 Å². The lowest BCUT2D eigenvalue weighted by Gasteiger charge is -2.35. The van der Waals surface area contributed by atoms with Gasteiger partial charge < -0.3 is 0 Å². The van der Waals surface area contributed by atoms with Crippen LogP contribution in [0.5, 0.6) is 0 Å². The Hall–Kier alpha value is -9.62. The molecule has 11 aromatic rings. The smallest absolute Gasteiger partial charge is 0.270 e. The van der Waals surface area contributed by atoms with Gasteiger partial charge in [-0.2, -0.15) is 0 Å². The van der Waals surface area contributed by atoms with E-state index in [4.69, 9.17) is 13.1 Å². The minimum Gasteiger partial charge on any atom is -0.294 e. The van der Waals surface area contributed by atoms with Crippen molar-refractivity contribution in [1.29, 1.82) is 10.5 Å². The number of aryl methyl sites for hydroxylation is 4. The van der Waals surface area contributed by atoms with Crippen molar-refractivity contribution >= 4 is 92.9 Å². The van der Waals surface area contributed by atoms with Crippen molar-refractivity contribution in [3.63, 3.8) is 0 Å². The van der Waals surface area contributed by atoms with E-state index in [-0.39, 0.29) is 23.0 Å². The molecule has 0 radical (unpaired) electrons. The number of ketones is 2. The van der Waals surface area contributed by atoms with E-state index in [1.807, 2.05) is 48.5 Å². The van der Waals surface area contributed by atoms with Crippen LogP contribution in [-0.4, -0.2) is 11.6 Å². The maximum absolute atomic E-state index is 14.4. The predicted octanol–water partition coefficient (Wildman–Crippen LogP) is 18.8. The maximum Gasteiger partial charge on any atom is 0.270 e. The summed E-state index contributed by atoms with van der Waals surface area (Å²) in [5.74, 6) is -0.924. The summed E-state index contributed by atoms with van der Waals surface area (Å²) in [6.45, 7) is 24.5. The summed E-state index contributed by atoms with van der Waals surface area (Å²) < 4.78 is 4.48. The SMILES string of the molecule is [C-]#[N+]/C(C#N)=C1/C(=C/c2cc3sc4c(c3s2)C(c2ccc(C)cc2)(c2ccc(C)cc2)c2cc3c(cc2-4)C(c2ccc(C)cc2)(c2ccc(C)cc2)c2c-3sc3cc(CC4C(=O)c5ccccc5/C4=C(\C#N)[N+]#[C-])sc23)C(=O)c2ccccc21. The Morgan fingerprint density at radius 2 is 0.964 bits per heavy atom. The van der Waals surface area contributed by atoms with Gasteiger partial charge in [-0.3, -0.25) is 9.59 Å². The molecule has 4 aliphatic rings. The molecule has 0 saturated carbocycles. The van der Waals surface area contributed by atoms with Crippen molar-refractivity contribution in [1.82, 2.24) is 0 Å². The molecule has 1 atom stereocenters. The molecule has 0 spiro atoms. The maximum atomic E-state index is 14.4. The standard InChI is InChI=1S/C74H44N4O2S4/c1-39-15-23-43(24-16-39)73(44-25-17-40(2)18-26-44)57-35-54-58(36-53(57)69-65(73)71-61(83-69)33-47(81-71)31-55-63(59(37-75)77-5)49-11-7-9-13-51(49)67(55)79)74(45-27-19-41(3)20-28-45,46-29-21-42(4)22-30-46)66-70(54)84-62-34-48(82-72(62)66)32-56-64(60(38-76)78-6)50-12-8-10-14-52(50)68(56)80/h7-31,33-36,56H,32H2,1-4H3/b55-31-,63-59+,64-60-. The van der Waals surface area contributed by atoms with Gasteiger partial charge in [-0.25, -0.2) is 20.2 Å². The molecule has 4 aliphatic carbocycles. The summed E-state index contributed by atoms with van der Waals surface area (Å²) in [7, 11) is 0. The van der Waals surface area contributed by atoms with Gasteiger partial charge in [0, 0.05) is 68.2 Å². The fourth-order valence-electron chi connectivity index (χ4n) is 13.9. The van der Waals surface area contributed by atoms with Crippen molar-refractivity contribution in [2.24, 2.45) is 5.92 Å². The summed E-state index contributed by atoms with van der Waals surface area (Å²) in [4.78, 5) is 40.3. The number of hydrogen-bond acceptors (Lipinski definition) is 8. The highest BCUT2D eigenvalue weighted by Gasteiger charge is 2.54. The number of carbonyl (C=O) groups is 2. The Morgan fingerprint density at radius 1 is 0.524 bits per heavy atom. The average molecular weight is 1150 g/mol. The van der Waals surface area contributed by atoms with Crippen LogP contribution < -0.4 is 0 Å². The summed E-state index contributed by atoms with van der Waals surface area (Å²) >= 11 is 6.95. The fraction of sp³-hybridized carbons (Fsp3) is 0.108. The quantitative estimate of drug-likeness (QED) is 0.0903. The molecule has 7 aromatic carbocycles. The van der Waals surface area contributed by atoms with Crippen molar-refractivity contribution in [2.45, 2.75) is 44.9 Å². The molecule has 6 nitrogen and oxygen atoms in total. The first kappa shape index (κ1) is 51.3. The lowest BCUT2D eigenvalue weighted by atomic mass is 9.65. The number of thiophene rings is 4. The Kier molecular flexibility index (Phi) is 11.6. The van der Waals surface area contributed by atoms with E-state index in [2.05, 4.69) is 171 Å². The molecule has 4 heterocycles. The molecular formula is C74H44N4O2S4. The van der Waals surface area contributed by atoms with Gasteiger partial charge in [-0.05, 0) is 126 Å². The third-order valence-corrected chi connectivity index (χ3v) is 22.5. The molecule has 15 rings (SSSR count). The number of benzene rings is 7. The molecule has 1 unspecified atom stereocenters. The van der Waals surface area contributed by atoms with Crippen molar-refractivity contribution in [3.05, 3.63) is 308 Å². The van der Waals surface area contributed by atoms with Gasteiger partial charge in [0.2, 0.25) is 0 Å². The third-order valence-electron chi connectivity index (χ3n) is 17.7. The zero-order chi connectivity index (χ0) is 57.5. The average Bonchev–Trinajstić information content (AvgIpc) is 1.55. The topological polar surface area (TPSA) is 90.4 Å². The van der Waals surface area contributed by atoms with E-state index < -0.39 is 16.7 Å². The Bertz CT molecular complexity index is 4920. The van der Waals surface area contributed by atoms with E-state index >= 15 is 0 Å². The molecule has 10 heteroatoms. The number of allylic oxidation sites excluding steroid dienone is 5. The Morgan fingerprint density at radius 3 is 1.44 bits per heavy atom. The molecule has 0 amide bonds. The minimum absolute atomic E-state index is 0.0383. The van der Waals surface area contributed by atoms with Crippen LogP contribution in [0, 0.1) is 69.4 Å². The summed E-state index contributed by atoms with van der Waals surface area (Å²) in [5, 5.41) is 20.5. The first-order valence-electron chi connectivity index (χ1n) is 27.5. The second-order valence-electron chi connectivity index (χ2n) is 22.3. The Balaban J connectivity index is 1.00.